The van der Waals surface area contributed by atoms with Gasteiger partial charge in [-0.05, 0) is 31.2 Å². The Bertz CT molecular complexity index is 822. The first-order valence-corrected chi connectivity index (χ1v) is 8.79. The highest BCUT2D eigenvalue weighted by Crippen LogP contribution is 2.23. The van der Waals surface area contributed by atoms with Gasteiger partial charge in [-0.25, -0.2) is 4.98 Å². The van der Waals surface area contributed by atoms with Crippen LogP contribution in [0.1, 0.15) is 31.2 Å². The molecule has 0 aliphatic heterocycles. The molecule has 1 saturated carbocycles. The van der Waals surface area contributed by atoms with E-state index < -0.39 is 0 Å². The van der Waals surface area contributed by atoms with Crippen LogP contribution in [0.25, 0.3) is 11.2 Å². The van der Waals surface area contributed by atoms with Crippen LogP contribution in [0.5, 0.6) is 0 Å². The average Bonchev–Trinajstić information content (AvgIpc) is 3.11. The second kappa shape index (κ2) is 7.06. The highest BCUT2D eigenvalue weighted by molar-refractivity contribution is 5.83. The lowest BCUT2D eigenvalue weighted by Gasteiger charge is -2.26. The van der Waals surface area contributed by atoms with E-state index in [1.807, 2.05) is 18.2 Å². The molecule has 25 heavy (non-hydrogen) atoms. The van der Waals surface area contributed by atoms with Crippen LogP contribution in [0.3, 0.4) is 0 Å². The summed E-state index contributed by atoms with van der Waals surface area (Å²) < 4.78 is 0. The van der Waals surface area contributed by atoms with Gasteiger partial charge in [-0.15, -0.1) is 0 Å². The molecule has 1 fully saturated rings. The molecule has 2 heterocycles. The van der Waals surface area contributed by atoms with Crippen molar-refractivity contribution in [3.63, 3.8) is 0 Å². The number of aromatic amines is 1. The number of anilines is 2. The maximum Gasteiger partial charge on any atom is 0.227 e. The molecule has 5 N–H and O–H groups in total. The molecule has 0 saturated heterocycles. The zero-order valence-electron chi connectivity index (χ0n) is 14.1. The summed E-state index contributed by atoms with van der Waals surface area (Å²) in [5.41, 5.74) is 8.68. The predicted octanol–water partition coefficient (Wildman–Crippen LogP) is 2.65. The normalized spacial score (nSPS) is 20.5. The van der Waals surface area contributed by atoms with Gasteiger partial charge in [-0.3, -0.25) is 0 Å². The molecule has 7 nitrogen and oxygen atoms in total. The minimum atomic E-state index is 0.330. The van der Waals surface area contributed by atoms with E-state index in [1.165, 1.54) is 5.56 Å². The molecule has 0 atom stereocenters. The van der Waals surface area contributed by atoms with Gasteiger partial charge < -0.3 is 21.4 Å². The van der Waals surface area contributed by atoms with Gasteiger partial charge in [-0.2, -0.15) is 9.97 Å². The van der Waals surface area contributed by atoms with Crippen LogP contribution in [-0.4, -0.2) is 32.0 Å². The molecule has 0 spiro atoms. The molecule has 0 bridgehead atoms. The monoisotopic (exact) mass is 337 g/mol. The van der Waals surface area contributed by atoms with Crippen molar-refractivity contribution in [2.24, 2.45) is 5.73 Å². The number of hydrogen-bond donors (Lipinski definition) is 4. The first kappa shape index (κ1) is 15.8. The third kappa shape index (κ3) is 3.71. The summed E-state index contributed by atoms with van der Waals surface area (Å²) in [6.45, 7) is 0.698. The van der Waals surface area contributed by atoms with Crippen molar-refractivity contribution in [2.45, 2.75) is 44.3 Å². The standard InChI is InChI=1S/C18H23N7/c19-13-6-8-14(9-7-13)23-18-24-16(15-17(25-18)22-11-21-15)20-10-12-4-2-1-3-5-12/h1-5,11,13-14H,6-10,19H2,(H3,20,21,22,23,24,25). The SMILES string of the molecule is NC1CCC(Nc2nc(NCc3ccccc3)c3[nH]cnc3n2)CC1. The van der Waals surface area contributed by atoms with E-state index in [2.05, 4.69) is 42.7 Å². The van der Waals surface area contributed by atoms with Crippen LogP contribution >= 0.6 is 0 Å². The van der Waals surface area contributed by atoms with E-state index in [1.54, 1.807) is 6.33 Å². The van der Waals surface area contributed by atoms with Crippen LogP contribution in [0.2, 0.25) is 0 Å². The first-order chi connectivity index (χ1) is 12.3. The first-order valence-electron chi connectivity index (χ1n) is 8.79. The van der Waals surface area contributed by atoms with E-state index in [-0.39, 0.29) is 0 Å². The number of fused-ring (bicyclic) bond motifs is 1. The lowest BCUT2D eigenvalue weighted by Crippen LogP contribution is -2.33. The van der Waals surface area contributed by atoms with Crippen molar-refractivity contribution in [3.05, 3.63) is 42.2 Å². The minimum Gasteiger partial charge on any atom is -0.364 e. The van der Waals surface area contributed by atoms with Gasteiger partial charge in [-0.1, -0.05) is 30.3 Å². The van der Waals surface area contributed by atoms with Crippen molar-refractivity contribution in [3.8, 4) is 0 Å². The highest BCUT2D eigenvalue weighted by Gasteiger charge is 2.20. The van der Waals surface area contributed by atoms with Crippen LogP contribution in [0.4, 0.5) is 11.8 Å². The molecule has 130 valence electrons. The van der Waals surface area contributed by atoms with Gasteiger partial charge in [0.15, 0.2) is 11.5 Å². The molecule has 0 amide bonds. The van der Waals surface area contributed by atoms with Gasteiger partial charge >= 0.3 is 0 Å². The minimum absolute atomic E-state index is 0.330. The quantitative estimate of drug-likeness (QED) is 0.570. The Morgan fingerprint density at radius 3 is 2.68 bits per heavy atom. The van der Waals surface area contributed by atoms with E-state index in [9.17, 15) is 0 Å². The molecule has 0 radical (unpaired) electrons. The summed E-state index contributed by atoms with van der Waals surface area (Å²) in [6.07, 6.45) is 5.84. The smallest absolute Gasteiger partial charge is 0.227 e. The second-order valence-corrected chi connectivity index (χ2v) is 6.59. The summed E-state index contributed by atoms with van der Waals surface area (Å²) in [7, 11) is 0. The lowest BCUT2D eigenvalue weighted by molar-refractivity contribution is 0.410. The maximum absolute atomic E-state index is 5.99. The molecule has 4 rings (SSSR count). The van der Waals surface area contributed by atoms with Crippen molar-refractivity contribution in [1.82, 2.24) is 19.9 Å². The number of benzene rings is 1. The number of hydrogen-bond acceptors (Lipinski definition) is 6. The molecule has 1 aliphatic carbocycles. The number of nitrogens with zero attached hydrogens (tertiary/aromatic N) is 3. The fourth-order valence-corrected chi connectivity index (χ4v) is 3.25. The summed E-state index contributed by atoms with van der Waals surface area (Å²) >= 11 is 0. The summed E-state index contributed by atoms with van der Waals surface area (Å²) in [4.78, 5) is 16.6. The Morgan fingerprint density at radius 1 is 1.08 bits per heavy atom. The summed E-state index contributed by atoms with van der Waals surface area (Å²) in [5.74, 6) is 1.39. The molecule has 0 unspecified atom stereocenters. The van der Waals surface area contributed by atoms with Gasteiger partial charge in [0.05, 0.1) is 6.33 Å². The Morgan fingerprint density at radius 2 is 1.88 bits per heavy atom. The van der Waals surface area contributed by atoms with Gasteiger partial charge in [0.1, 0.15) is 5.52 Å². The van der Waals surface area contributed by atoms with Crippen LogP contribution in [0.15, 0.2) is 36.7 Å². The molecule has 7 heteroatoms. The molecular formula is C18H23N7. The van der Waals surface area contributed by atoms with Crippen molar-refractivity contribution < 1.29 is 0 Å². The second-order valence-electron chi connectivity index (χ2n) is 6.59. The summed E-state index contributed by atoms with van der Waals surface area (Å²) in [5, 5.41) is 6.84. The largest absolute Gasteiger partial charge is 0.364 e. The molecule has 1 aromatic carbocycles. The van der Waals surface area contributed by atoms with E-state index in [4.69, 9.17) is 5.73 Å². The molecule has 3 aromatic rings. The van der Waals surface area contributed by atoms with Gasteiger partial charge in [0.2, 0.25) is 5.95 Å². The number of H-pyrrole nitrogens is 1. The topological polar surface area (TPSA) is 105 Å². The van der Waals surface area contributed by atoms with Gasteiger partial charge in [0, 0.05) is 18.6 Å². The predicted molar refractivity (Wildman–Crippen MR) is 99.3 cm³/mol. The number of imidazole rings is 1. The Kier molecular flexibility index (Phi) is 4.47. The molecule has 2 aromatic heterocycles. The fourth-order valence-electron chi connectivity index (χ4n) is 3.25. The van der Waals surface area contributed by atoms with Crippen LogP contribution in [-0.2, 0) is 6.54 Å². The molecule has 1 aliphatic rings. The van der Waals surface area contributed by atoms with Crippen LogP contribution < -0.4 is 16.4 Å². The van der Waals surface area contributed by atoms with Crippen LogP contribution in [0, 0.1) is 0 Å². The zero-order valence-corrected chi connectivity index (χ0v) is 14.1. The van der Waals surface area contributed by atoms with E-state index in [0.29, 0.717) is 30.2 Å². The zero-order chi connectivity index (χ0) is 17.1. The highest BCUT2D eigenvalue weighted by atomic mass is 15.2. The van der Waals surface area contributed by atoms with Crippen molar-refractivity contribution in [1.29, 1.82) is 0 Å². The summed E-state index contributed by atoms with van der Waals surface area (Å²) in [6, 6.07) is 11.0. The lowest BCUT2D eigenvalue weighted by atomic mass is 9.92. The third-order valence-electron chi connectivity index (χ3n) is 4.69. The number of nitrogens with one attached hydrogen (secondary N) is 3. The maximum atomic E-state index is 5.99. The molecular weight excluding hydrogens is 314 g/mol. The van der Waals surface area contributed by atoms with Crippen molar-refractivity contribution >= 4 is 22.9 Å². The Hall–Kier alpha value is -2.67. The fraction of sp³-hybridized carbons (Fsp3) is 0.389. The number of nitrogens with two attached hydrogens (primary N) is 1. The number of rotatable bonds is 5. The Labute approximate surface area is 146 Å². The van der Waals surface area contributed by atoms with E-state index in [0.717, 1.165) is 37.0 Å². The number of aromatic nitrogens is 4. The van der Waals surface area contributed by atoms with E-state index >= 15 is 0 Å². The average molecular weight is 337 g/mol. The van der Waals surface area contributed by atoms with Gasteiger partial charge in [0.25, 0.3) is 0 Å². The van der Waals surface area contributed by atoms with Crippen molar-refractivity contribution in [2.75, 3.05) is 10.6 Å². The Balaban J connectivity index is 1.52. The third-order valence-corrected chi connectivity index (χ3v) is 4.69.